The number of rotatable bonds is 1. The van der Waals surface area contributed by atoms with Gasteiger partial charge in [0.15, 0.2) is 0 Å². The maximum Gasteiger partial charge on any atom is 0.238 e. The molecular formula is C15H12ClNO3. The number of carbonyl (C=O) groups is 2. The van der Waals surface area contributed by atoms with Gasteiger partial charge in [0.2, 0.25) is 11.8 Å². The third-order valence-electron chi connectivity index (χ3n) is 4.64. The highest BCUT2D eigenvalue weighted by molar-refractivity contribution is 6.36. The van der Waals surface area contributed by atoms with E-state index in [2.05, 4.69) is 12.2 Å². The SMILES string of the molecule is O=C1C2C3C=CC(C3)C2C(=O)N1c1ccc(O)cc1Cl. The van der Waals surface area contributed by atoms with Gasteiger partial charge in [0, 0.05) is 6.07 Å². The van der Waals surface area contributed by atoms with E-state index in [0.29, 0.717) is 5.69 Å². The normalized spacial score (nSPS) is 34.1. The van der Waals surface area contributed by atoms with Gasteiger partial charge in [-0.15, -0.1) is 0 Å². The molecule has 4 unspecified atom stereocenters. The summed E-state index contributed by atoms with van der Waals surface area (Å²) in [6.45, 7) is 0. The Bertz CT molecular complexity index is 639. The minimum Gasteiger partial charge on any atom is -0.508 e. The summed E-state index contributed by atoms with van der Waals surface area (Å²) < 4.78 is 0. The first-order valence-electron chi connectivity index (χ1n) is 6.62. The smallest absolute Gasteiger partial charge is 0.238 e. The van der Waals surface area contributed by atoms with Crippen LogP contribution in [0.3, 0.4) is 0 Å². The van der Waals surface area contributed by atoms with Gasteiger partial charge in [0.25, 0.3) is 0 Å². The van der Waals surface area contributed by atoms with E-state index in [1.54, 1.807) is 0 Å². The van der Waals surface area contributed by atoms with Crippen molar-refractivity contribution in [1.82, 2.24) is 0 Å². The van der Waals surface area contributed by atoms with Crippen molar-refractivity contribution in [2.24, 2.45) is 23.7 Å². The second-order valence-corrected chi connectivity index (χ2v) is 6.05. The topological polar surface area (TPSA) is 57.6 Å². The third kappa shape index (κ3) is 1.37. The van der Waals surface area contributed by atoms with Gasteiger partial charge in [0.1, 0.15) is 5.75 Å². The molecule has 1 aromatic rings. The number of halogens is 1. The van der Waals surface area contributed by atoms with Gasteiger partial charge in [-0.1, -0.05) is 23.8 Å². The van der Waals surface area contributed by atoms with Crippen LogP contribution in [0.15, 0.2) is 30.4 Å². The zero-order valence-corrected chi connectivity index (χ0v) is 11.2. The Hall–Kier alpha value is -1.81. The Morgan fingerprint density at radius 1 is 1.10 bits per heavy atom. The number of carbonyl (C=O) groups excluding carboxylic acids is 2. The minimum absolute atomic E-state index is 0.0137. The van der Waals surface area contributed by atoms with Crippen LogP contribution in [0.1, 0.15) is 6.42 Å². The molecule has 0 radical (unpaired) electrons. The molecule has 1 heterocycles. The van der Waals surface area contributed by atoms with Crippen molar-refractivity contribution in [3.63, 3.8) is 0 Å². The van der Waals surface area contributed by atoms with Crippen LogP contribution >= 0.6 is 11.6 Å². The van der Waals surface area contributed by atoms with Crippen LogP contribution in [0.25, 0.3) is 0 Å². The zero-order chi connectivity index (χ0) is 14.0. The van der Waals surface area contributed by atoms with Gasteiger partial charge < -0.3 is 5.11 Å². The maximum atomic E-state index is 12.6. The minimum atomic E-state index is -0.234. The molecule has 1 aromatic carbocycles. The molecule has 3 aliphatic rings. The summed E-state index contributed by atoms with van der Waals surface area (Å²) in [4.78, 5) is 26.3. The Morgan fingerprint density at radius 2 is 1.70 bits per heavy atom. The van der Waals surface area contributed by atoms with Crippen LogP contribution < -0.4 is 4.90 Å². The van der Waals surface area contributed by atoms with Crippen LogP contribution in [0, 0.1) is 23.7 Å². The van der Waals surface area contributed by atoms with Crippen LogP contribution in [0.2, 0.25) is 5.02 Å². The average molecular weight is 290 g/mol. The Morgan fingerprint density at radius 3 is 2.25 bits per heavy atom. The third-order valence-corrected chi connectivity index (χ3v) is 4.95. The van der Waals surface area contributed by atoms with Crippen LogP contribution in [-0.2, 0) is 9.59 Å². The van der Waals surface area contributed by atoms with Crippen molar-refractivity contribution in [2.75, 3.05) is 4.90 Å². The number of aromatic hydroxyl groups is 1. The Kier molecular flexibility index (Phi) is 2.31. The van der Waals surface area contributed by atoms with Crippen molar-refractivity contribution in [2.45, 2.75) is 6.42 Å². The molecule has 2 amide bonds. The van der Waals surface area contributed by atoms with Crippen molar-refractivity contribution < 1.29 is 14.7 Å². The van der Waals surface area contributed by atoms with E-state index in [1.807, 2.05) is 0 Å². The molecule has 2 aliphatic carbocycles. The van der Waals surface area contributed by atoms with Crippen LogP contribution in [0.4, 0.5) is 5.69 Å². The molecule has 1 saturated heterocycles. The van der Waals surface area contributed by atoms with E-state index in [0.717, 1.165) is 6.42 Å². The van der Waals surface area contributed by atoms with Gasteiger partial charge in [-0.3, -0.25) is 9.59 Å². The van der Waals surface area contributed by atoms with Crippen molar-refractivity contribution in [3.05, 3.63) is 35.4 Å². The van der Waals surface area contributed by atoms with E-state index in [-0.39, 0.29) is 46.3 Å². The number of nitrogens with zero attached hydrogens (tertiary/aromatic N) is 1. The van der Waals surface area contributed by atoms with Gasteiger partial charge in [-0.25, -0.2) is 4.90 Å². The summed E-state index contributed by atoms with van der Waals surface area (Å²) in [5, 5.41) is 9.60. The largest absolute Gasteiger partial charge is 0.508 e. The van der Waals surface area contributed by atoms with Crippen LogP contribution in [0.5, 0.6) is 5.75 Å². The van der Waals surface area contributed by atoms with E-state index < -0.39 is 0 Å². The summed E-state index contributed by atoms with van der Waals surface area (Å²) >= 11 is 6.06. The number of hydrogen-bond donors (Lipinski definition) is 1. The lowest BCUT2D eigenvalue weighted by Gasteiger charge is -2.18. The molecule has 1 saturated carbocycles. The molecule has 0 aromatic heterocycles. The fourth-order valence-electron chi connectivity index (χ4n) is 3.82. The summed E-state index contributed by atoms with van der Waals surface area (Å²) in [6.07, 6.45) is 5.02. The summed E-state index contributed by atoms with van der Waals surface area (Å²) in [5.74, 6) is -0.414. The quantitative estimate of drug-likeness (QED) is 0.638. The molecular weight excluding hydrogens is 278 g/mol. The van der Waals surface area contributed by atoms with E-state index in [9.17, 15) is 14.7 Å². The van der Waals surface area contributed by atoms with E-state index >= 15 is 0 Å². The molecule has 4 nitrogen and oxygen atoms in total. The van der Waals surface area contributed by atoms with Gasteiger partial charge in [0.05, 0.1) is 22.5 Å². The monoisotopic (exact) mass is 289 g/mol. The lowest BCUT2D eigenvalue weighted by Crippen LogP contribution is -2.33. The fraction of sp³-hybridized carbons (Fsp3) is 0.333. The highest BCUT2D eigenvalue weighted by Crippen LogP contribution is 2.53. The number of hydrogen-bond acceptors (Lipinski definition) is 3. The highest BCUT2D eigenvalue weighted by Gasteiger charge is 2.59. The Balaban J connectivity index is 1.78. The number of benzene rings is 1. The summed E-state index contributed by atoms with van der Waals surface area (Å²) in [7, 11) is 0. The lowest BCUT2D eigenvalue weighted by atomic mass is 9.85. The van der Waals surface area contributed by atoms with Crippen molar-refractivity contribution in [1.29, 1.82) is 0 Å². The Labute approximate surface area is 120 Å². The molecule has 4 atom stereocenters. The first-order valence-corrected chi connectivity index (χ1v) is 7.00. The molecule has 102 valence electrons. The van der Waals surface area contributed by atoms with Crippen molar-refractivity contribution in [3.8, 4) is 5.75 Å². The predicted molar refractivity (Wildman–Crippen MR) is 73.3 cm³/mol. The predicted octanol–water partition coefficient (Wildman–Crippen LogP) is 2.36. The average Bonchev–Trinajstić information content (AvgIpc) is 3.06. The number of phenolic OH excluding ortho intramolecular Hbond substituents is 1. The molecule has 4 rings (SSSR count). The molecule has 0 spiro atoms. The standard InChI is InChI=1S/C15H12ClNO3/c16-10-6-9(18)3-4-11(10)17-14(19)12-7-1-2-8(5-7)13(12)15(17)20/h1-4,6-8,12-13,18H,5H2. The molecule has 1 N–H and O–H groups in total. The number of phenols is 1. The molecule has 2 bridgehead atoms. The molecule has 20 heavy (non-hydrogen) atoms. The fourth-order valence-corrected chi connectivity index (χ4v) is 4.08. The zero-order valence-electron chi connectivity index (χ0n) is 10.5. The van der Waals surface area contributed by atoms with Gasteiger partial charge in [-0.05, 0) is 30.4 Å². The first kappa shape index (κ1) is 12.0. The number of imide groups is 1. The number of fused-ring (bicyclic) bond motifs is 5. The molecule has 2 fully saturated rings. The summed E-state index contributed by atoms with van der Waals surface area (Å²) in [5.41, 5.74) is 0.369. The molecule has 1 aliphatic heterocycles. The lowest BCUT2D eigenvalue weighted by molar-refractivity contribution is -0.123. The summed E-state index contributed by atoms with van der Waals surface area (Å²) in [6, 6.07) is 4.30. The van der Waals surface area contributed by atoms with Gasteiger partial charge >= 0.3 is 0 Å². The number of amides is 2. The molecule has 5 heteroatoms. The van der Waals surface area contributed by atoms with E-state index in [1.165, 1.54) is 23.1 Å². The van der Waals surface area contributed by atoms with Crippen molar-refractivity contribution >= 4 is 29.1 Å². The second kappa shape index (κ2) is 3.85. The second-order valence-electron chi connectivity index (χ2n) is 5.65. The maximum absolute atomic E-state index is 12.6. The number of anilines is 1. The van der Waals surface area contributed by atoms with Crippen LogP contribution in [-0.4, -0.2) is 16.9 Å². The first-order chi connectivity index (χ1) is 9.58. The number of allylic oxidation sites excluding steroid dienone is 2. The highest BCUT2D eigenvalue weighted by atomic mass is 35.5. The van der Waals surface area contributed by atoms with Gasteiger partial charge in [-0.2, -0.15) is 0 Å². The van der Waals surface area contributed by atoms with E-state index in [4.69, 9.17) is 11.6 Å².